The van der Waals surface area contributed by atoms with Gasteiger partial charge in [0.15, 0.2) is 0 Å². The van der Waals surface area contributed by atoms with E-state index in [1.165, 1.54) is 16.9 Å². The number of piperazine rings is 1. The maximum absolute atomic E-state index is 13.1. The molecule has 3 aromatic rings. The molecular weight excluding hydrogens is 410 g/mol. The molecule has 7 heteroatoms. The van der Waals surface area contributed by atoms with Crippen LogP contribution in [0.1, 0.15) is 25.9 Å². The Morgan fingerprint density at radius 1 is 1.03 bits per heavy atom. The predicted octanol–water partition coefficient (Wildman–Crippen LogP) is 4.31. The maximum atomic E-state index is 13.1. The third-order valence-electron chi connectivity index (χ3n) is 5.41. The summed E-state index contributed by atoms with van der Waals surface area (Å²) in [5.41, 5.74) is 3.03. The van der Waals surface area contributed by atoms with E-state index >= 15 is 0 Å². The monoisotopic (exact) mass is 437 g/mol. The molecule has 1 aliphatic rings. The number of hydrogen-bond acceptors (Lipinski definition) is 6. The lowest BCUT2D eigenvalue weighted by Gasteiger charge is -2.36. The number of carbonyl (C=O) groups excluding carboxylic acids is 1. The van der Waals surface area contributed by atoms with Gasteiger partial charge in [-0.1, -0.05) is 29.8 Å². The Bertz CT molecular complexity index is 1040. The van der Waals surface area contributed by atoms with Crippen LogP contribution in [0.4, 0.5) is 5.69 Å². The first-order chi connectivity index (χ1) is 15.0. The first kappa shape index (κ1) is 21.2. The lowest BCUT2D eigenvalue weighted by Crippen LogP contribution is -2.48. The lowest BCUT2D eigenvalue weighted by molar-refractivity contribution is 0.0750. The maximum Gasteiger partial charge on any atom is 0.265 e. The zero-order valence-corrected chi connectivity index (χ0v) is 18.9. The molecule has 162 valence electrons. The molecule has 0 radical (unpaired) electrons. The Balaban J connectivity index is 1.37. The molecule has 2 aromatic carbocycles. The Hall–Kier alpha value is -3.06. The van der Waals surface area contributed by atoms with Gasteiger partial charge in [0, 0.05) is 26.2 Å². The molecule has 31 heavy (non-hydrogen) atoms. The number of rotatable bonds is 6. The number of thiazole rings is 1. The Morgan fingerprint density at radius 2 is 1.74 bits per heavy atom. The number of benzene rings is 2. The van der Waals surface area contributed by atoms with Gasteiger partial charge in [0.2, 0.25) is 0 Å². The second-order valence-corrected chi connectivity index (χ2v) is 8.66. The summed E-state index contributed by atoms with van der Waals surface area (Å²) in [5.74, 6) is 1.72. The molecular formula is C24H27N3O3S. The van der Waals surface area contributed by atoms with Crippen molar-refractivity contribution in [1.82, 2.24) is 9.88 Å². The van der Waals surface area contributed by atoms with Gasteiger partial charge in [-0.3, -0.25) is 4.79 Å². The van der Waals surface area contributed by atoms with Gasteiger partial charge in [-0.2, -0.15) is 0 Å². The van der Waals surface area contributed by atoms with E-state index in [2.05, 4.69) is 16.0 Å². The number of aryl methyl sites for hydroxylation is 2. The van der Waals surface area contributed by atoms with Gasteiger partial charge >= 0.3 is 0 Å². The number of para-hydroxylation sites is 2. The molecule has 0 unspecified atom stereocenters. The van der Waals surface area contributed by atoms with Crippen molar-refractivity contribution in [2.45, 2.75) is 20.5 Å². The highest BCUT2D eigenvalue weighted by atomic mass is 32.1. The predicted molar refractivity (Wildman–Crippen MR) is 123 cm³/mol. The summed E-state index contributed by atoms with van der Waals surface area (Å²) in [6.45, 7) is 7.18. The van der Waals surface area contributed by atoms with Crippen LogP contribution in [-0.4, -0.2) is 49.1 Å². The van der Waals surface area contributed by atoms with Gasteiger partial charge in [-0.05, 0) is 38.1 Å². The normalized spacial score (nSPS) is 13.9. The standard InChI is InChI=1S/C24H27N3O3S/c1-17-8-10-19(11-9-17)30-16-22-25-18(2)23(31-22)24(28)27-14-12-26(13-15-27)20-6-4-5-7-21(20)29-3/h4-11H,12-16H2,1-3H3. The van der Waals surface area contributed by atoms with Crippen LogP contribution in [0.5, 0.6) is 11.5 Å². The fraction of sp³-hybridized carbons (Fsp3) is 0.333. The van der Waals surface area contributed by atoms with Crippen LogP contribution >= 0.6 is 11.3 Å². The van der Waals surface area contributed by atoms with Gasteiger partial charge < -0.3 is 19.3 Å². The summed E-state index contributed by atoms with van der Waals surface area (Å²) in [4.78, 5) is 22.6. The van der Waals surface area contributed by atoms with Crippen molar-refractivity contribution in [3.8, 4) is 11.5 Å². The number of aromatic nitrogens is 1. The number of methoxy groups -OCH3 is 1. The molecule has 1 amide bonds. The summed E-state index contributed by atoms with van der Waals surface area (Å²) < 4.78 is 11.3. The molecule has 0 spiro atoms. The van der Waals surface area contributed by atoms with Crippen LogP contribution in [0.2, 0.25) is 0 Å². The molecule has 1 aliphatic heterocycles. The van der Waals surface area contributed by atoms with Crippen LogP contribution in [0.25, 0.3) is 0 Å². The second kappa shape index (κ2) is 9.39. The van der Waals surface area contributed by atoms with E-state index < -0.39 is 0 Å². The van der Waals surface area contributed by atoms with E-state index in [0.29, 0.717) is 24.6 Å². The van der Waals surface area contributed by atoms with Crippen LogP contribution in [0.15, 0.2) is 48.5 Å². The Labute approximate surface area is 187 Å². The van der Waals surface area contributed by atoms with Crippen molar-refractivity contribution in [3.63, 3.8) is 0 Å². The highest BCUT2D eigenvalue weighted by Crippen LogP contribution is 2.29. The largest absolute Gasteiger partial charge is 0.495 e. The SMILES string of the molecule is COc1ccccc1N1CCN(C(=O)c2sc(COc3ccc(C)cc3)nc2C)CC1. The summed E-state index contributed by atoms with van der Waals surface area (Å²) in [7, 11) is 1.69. The number of ether oxygens (including phenoxy) is 2. The molecule has 1 saturated heterocycles. The fourth-order valence-corrected chi connectivity index (χ4v) is 4.62. The molecule has 0 atom stereocenters. The van der Waals surface area contributed by atoms with E-state index in [-0.39, 0.29) is 5.91 Å². The third kappa shape index (κ3) is 4.82. The van der Waals surface area contributed by atoms with Gasteiger partial charge in [0.25, 0.3) is 5.91 Å². The summed E-state index contributed by atoms with van der Waals surface area (Å²) in [6, 6.07) is 15.9. The second-order valence-electron chi connectivity index (χ2n) is 7.57. The first-order valence-electron chi connectivity index (χ1n) is 10.4. The minimum Gasteiger partial charge on any atom is -0.495 e. The van der Waals surface area contributed by atoms with Gasteiger partial charge in [0.05, 0.1) is 18.5 Å². The topological polar surface area (TPSA) is 54.9 Å². The van der Waals surface area contributed by atoms with Crippen molar-refractivity contribution in [3.05, 3.63) is 69.7 Å². The smallest absolute Gasteiger partial charge is 0.265 e. The van der Waals surface area contributed by atoms with Crippen molar-refractivity contribution < 1.29 is 14.3 Å². The number of anilines is 1. The van der Waals surface area contributed by atoms with E-state index in [9.17, 15) is 4.79 Å². The molecule has 6 nitrogen and oxygen atoms in total. The van der Waals surface area contributed by atoms with Crippen LogP contribution in [0.3, 0.4) is 0 Å². The summed E-state index contributed by atoms with van der Waals surface area (Å²) in [5, 5.41) is 0.814. The minimum atomic E-state index is 0.0521. The Kier molecular flexibility index (Phi) is 6.42. The molecule has 0 bridgehead atoms. The van der Waals surface area contributed by atoms with Crippen molar-refractivity contribution in [1.29, 1.82) is 0 Å². The van der Waals surface area contributed by atoms with Gasteiger partial charge in [-0.25, -0.2) is 4.98 Å². The van der Waals surface area contributed by atoms with Crippen LogP contribution in [-0.2, 0) is 6.61 Å². The average molecular weight is 438 g/mol. The number of nitrogens with zero attached hydrogens (tertiary/aromatic N) is 3. The van der Waals surface area contributed by atoms with E-state index in [1.807, 2.05) is 61.2 Å². The molecule has 2 heterocycles. The summed E-state index contributed by atoms with van der Waals surface area (Å²) in [6.07, 6.45) is 0. The van der Waals surface area contributed by atoms with Crippen molar-refractivity contribution in [2.24, 2.45) is 0 Å². The molecule has 1 aromatic heterocycles. The third-order valence-corrected chi connectivity index (χ3v) is 6.53. The zero-order chi connectivity index (χ0) is 21.8. The molecule has 0 aliphatic carbocycles. The van der Waals surface area contributed by atoms with Crippen molar-refractivity contribution >= 4 is 22.9 Å². The van der Waals surface area contributed by atoms with Gasteiger partial charge in [0.1, 0.15) is 28.0 Å². The zero-order valence-electron chi connectivity index (χ0n) is 18.1. The average Bonchev–Trinajstić information content (AvgIpc) is 3.18. The molecule has 0 N–H and O–H groups in total. The molecule has 1 fully saturated rings. The van der Waals surface area contributed by atoms with E-state index in [0.717, 1.165) is 41.0 Å². The van der Waals surface area contributed by atoms with Gasteiger partial charge in [-0.15, -0.1) is 11.3 Å². The first-order valence-corrected chi connectivity index (χ1v) is 11.2. The highest BCUT2D eigenvalue weighted by Gasteiger charge is 2.26. The van der Waals surface area contributed by atoms with Crippen LogP contribution < -0.4 is 14.4 Å². The number of amides is 1. The fourth-order valence-electron chi connectivity index (χ4n) is 3.68. The number of carbonyl (C=O) groups is 1. The highest BCUT2D eigenvalue weighted by molar-refractivity contribution is 7.13. The summed E-state index contributed by atoms with van der Waals surface area (Å²) >= 11 is 1.43. The molecule has 0 saturated carbocycles. The van der Waals surface area contributed by atoms with Crippen LogP contribution in [0, 0.1) is 13.8 Å². The van der Waals surface area contributed by atoms with Crippen molar-refractivity contribution in [2.75, 3.05) is 38.2 Å². The minimum absolute atomic E-state index is 0.0521. The van der Waals surface area contributed by atoms with E-state index in [4.69, 9.17) is 9.47 Å². The quantitative estimate of drug-likeness (QED) is 0.575. The van der Waals surface area contributed by atoms with E-state index in [1.54, 1.807) is 7.11 Å². The Morgan fingerprint density at radius 3 is 2.45 bits per heavy atom. The number of hydrogen-bond donors (Lipinski definition) is 0. The molecule has 4 rings (SSSR count). The lowest BCUT2D eigenvalue weighted by atomic mass is 10.2.